The Labute approximate surface area is 84.9 Å². The van der Waals surface area contributed by atoms with E-state index in [9.17, 15) is 0 Å². The Morgan fingerprint density at radius 3 is 1.29 bits per heavy atom. The molecule has 1 rings (SSSR count). The summed E-state index contributed by atoms with van der Waals surface area (Å²) < 4.78 is 0. The van der Waals surface area contributed by atoms with Crippen LogP contribution in [-0.2, 0) is 0 Å². The van der Waals surface area contributed by atoms with E-state index >= 15 is 0 Å². The summed E-state index contributed by atoms with van der Waals surface area (Å²) >= 11 is 0. The summed E-state index contributed by atoms with van der Waals surface area (Å²) in [6, 6.07) is 4.61. The van der Waals surface area contributed by atoms with Gasteiger partial charge in [-0.25, -0.2) is 0 Å². The third-order valence-electron chi connectivity index (χ3n) is 3.34. The van der Waals surface area contributed by atoms with Crippen LogP contribution in [0.1, 0.15) is 25.7 Å². The van der Waals surface area contributed by atoms with Crippen LogP contribution in [0, 0.1) is 22.7 Å². The zero-order valence-corrected chi connectivity index (χ0v) is 8.72. The minimum Gasteiger partial charge on any atom is -0.302 e. The molecule has 0 unspecified atom stereocenters. The van der Waals surface area contributed by atoms with E-state index in [1.165, 1.54) is 0 Å². The quantitative estimate of drug-likeness (QED) is 0.669. The first kappa shape index (κ1) is 11.0. The van der Waals surface area contributed by atoms with Crippen LogP contribution in [0.2, 0.25) is 0 Å². The third-order valence-corrected chi connectivity index (χ3v) is 3.34. The Bertz CT molecular complexity index is 245. The highest BCUT2D eigenvalue weighted by Gasteiger charge is 2.41. The maximum absolute atomic E-state index is 9.04. The van der Waals surface area contributed by atoms with Crippen LogP contribution in [0.3, 0.4) is 0 Å². The number of rotatable bonds is 2. The fourth-order valence-corrected chi connectivity index (χ4v) is 1.94. The molecule has 4 nitrogen and oxygen atoms in total. The number of hydrogen-bond donors (Lipinski definition) is 2. The van der Waals surface area contributed by atoms with Crippen LogP contribution in [0.5, 0.6) is 0 Å². The molecule has 1 fully saturated rings. The van der Waals surface area contributed by atoms with E-state index < -0.39 is 11.1 Å². The van der Waals surface area contributed by atoms with E-state index in [0.717, 1.165) is 25.7 Å². The van der Waals surface area contributed by atoms with Crippen LogP contribution >= 0.6 is 0 Å². The lowest BCUT2D eigenvalue weighted by Crippen LogP contribution is -2.53. The van der Waals surface area contributed by atoms with Crippen molar-refractivity contribution in [3.63, 3.8) is 0 Å². The largest absolute Gasteiger partial charge is 0.302 e. The summed E-state index contributed by atoms with van der Waals surface area (Å²) in [5.41, 5.74) is -0.839. The Morgan fingerprint density at radius 2 is 1.14 bits per heavy atom. The molecule has 14 heavy (non-hydrogen) atoms. The van der Waals surface area contributed by atoms with Crippen molar-refractivity contribution in [1.82, 2.24) is 10.6 Å². The lowest BCUT2D eigenvalue weighted by atomic mass is 9.73. The average molecular weight is 192 g/mol. The standard InChI is InChI=1S/C10H16N4/c1-13-9(7-11)3-5-10(8-12,14-2)6-4-9/h13-14H,3-6H2,1-2H3. The second kappa shape index (κ2) is 3.96. The first-order chi connectivity index (χ1) is 6.66. The van der Waals surface area contributed by atoms with Gasteiger partial charge in [-0.2, -0.15) is 10.5 Å². The molecule has 0 radical (unpaired) electrons. The first-order valence-corrected chi connectivity index (χ1v) is 4.86. The van der Waals surface area contributed by atoms with Gasteiger partial charge >= 0.3 is 0 Å². The van der Waals surface area contributed by atoms with Crippen LogP contribution < -0.4 is 10.6 Å². The van der Waals surface area contributed by atoms with Gasteiger partial charge in [-0.15, -0.1) is 0 Å². The van der Waals surface area contributed by atoms with E-state index in [1.807, 2.05) is 14.1 Å². The topological polar surface area (TPSA) is 71.6 Å². The van der Waals surface area contributed by atoms with Crippen molar-refractivity contribution < 1.29 is 0 Å². The zero-order chi connectivity index (χ0) is 10.7. The van der Waals surface area contributed by atoms with Gasteiger partial charge in [0.05, 0.1) is 12.1 Å². The number of nitrogens with zero attached hydrogens (tertiary/aromatic N) is 2. The highest BCUT2D eigenvalue weighted by atomic mass is 15.0. The molecular weight excluding hydrogens is 176 g/mol. The molecule has 2 N–H and O–H groups in total. The number of hydrogen-bond acceptors (Lipinski definition) is 4. The average Bonchev–Trinajstić information content (AvgIpc) is 2.29. The summed E-state index contributed by atoms with van der Waals surface area (Å²) in [5.74, 6) is 0. The molecule has 0 atom stereocenters. The van der Waals surface area contributed by atoms with Gasteiger partial charge in [0.2, 0.25) is 0 Å². The maximum atomic E-state index is 9.04. The lowest BCUT2D eigenvalue weighted by molar-refractivity contribution is 0.229. The van der Waals surface area contributed by atoms with Gasteiger partial charge in [0.15, 0.2) is 0 Å². The molecule has 0 heterocycles. The van der Waals surface area contributed by atoms with Crippen LogP contribution in [0.25, 0.3) is 0 Å². The van der Waals surface area contributed by atoms with Crippen molar-refractivity contribution in [1.29, 1.82) is 10.5 Å². The van der Waals surface area contributed by atoms with Gasteiger partial charge in [0, 0.05) is 0 Å². The minimum atomic E-state index is -0.419. The fraction of sp³-hybridized carbons (Fsp3) is 0.800. The summed E-state index contributed by atoms with van der Waals surface area (Å²) in [6.45, 7) is 0. The molecule has 0 aliphatic heterocycles. The summed E-state index contributed by atoms with van der Waals surface area (Å²) in [6.07, 6.45) is 2.92. The molecule has 1 aliphatic rings. The lowest BCUT2D eigenvalue weighted by Gasteiger charge is -2.39. The van der Waals surface area contributed by atoms with Crippen LogP contribution in [0.15, 0.2) is 0 Å². The van der Waals surface area contributed by atoms with Crippen LogP contribution in [0.4, 0.5) is 0 Å². The smallest absolute Gasteiger partial charge is 0.106 e. The van der Waals surface area contributed by atoms with Crippen molar-refractivity contribution in [2.45, 2.75) is 36.8 Å². The van der Waals surface area contributed by atoms with Crippen LogP contribution in [-0.4, -0.2) is 25.2 Å². The summed E-state index contributed by atoms with van der Waals surface area (Å²) in [5, 5.41) is 24.2. The van der Waals surface area contributed by atoms with E-state index in [4.69, 9.17) is 10.5 Å². The fourth-order valence-electron chi connectivity index (χ4n) is 1.94. The Morgan fingerprint density at radius 1 is 0.857 bits per heavy atom. The Hall–Kier alpha value is -1.10. The predicted octanol–water partition coefficient (Wildman–Crippen LogP) is 0.524. The molecule has 0 aromatic rings. The van der Waals surface area contributed by atoms with Crippen molar-refractivity contribution in [3.05, 3.63) is 0 Å². The van der Waals surface area contributed by atoms with Crippen molar-refractivity contribution in [2.24, 2.45) is 0 Å². The molecule has 0 bridgehead atoms. The van der Waals surface area contributed by atoms with E-state index in [1.54, 1.807) is 0 Å². The maximum Gasteiger partial charge on any atom is 0.106 e. The zero-order valence-electron chi connectivity index (χ0n) is 8.72. The molecule has 0 spiro atoms. The van der Waals surface area contributed by atoms with Crippen molar-refractivity contribution >= 4 is 0 Å². The third kappa shape index (κ3) is 1.72. The first-order valence-electron chi connectivity index (χ1n) is 4.86. The molecular formula is C10H16N4. The van der Waals surface area contributed by atoms with Gasteiger partial charge in [-0.3, -0.25) is 0 Å². The Kier molecular flexibility index (Phi) is 3.10. The SMILES string of the molecule is CNC1(C#N)CCC(C#N)(NC)CC1. The van der Waals surface area contributed by atoms with Gasteiger partial charge < -0.3 is 10.6 Å². The number of nitriles is 2. The van der Waals surface area contributed by atoms with E-state index in [2.05, 4.69) is 22.8 Å². The molecule has 1 saturated carbocycles. The Balaban J connectivity index is 2.71. The monoisotopic (exact) mass is 192 g/mol. The minimum absolute atomic E-state index is 0.419. The molecule has 0 saturated heterocycles. The summed E-state index contributed by atoms with van der Waals surface area (Å²) in [7, 11) is 3.62. The van der Waals surface area contributed by atoms with E-state index in [0.29, 0.717) is 0 Å². The molecule has 76 valence electrons. The second-order valence-electron chi connectivity index (χ2n) is 3.89. The molecule has 4 heteroatoms. The highest BCUT2D eigenvalue weighted by Crippen LogP contribution is 2.33. The molecule has 0 aromatic heterocycles. The molecule has 1 aliphatic carbocycles. The van der Waals surface area contributed by atoms with Gasteiger partial charge in [0.25, 0.3) is 0 Å². The van der Waals surface area contributed by atoms with Crippen molar-refractivity contribution in [2.75, 3.05) is 14.1 Å². The second-order valence-corrected chi connectivity index (χ2v) is 3.89. The molecule has 0 aromatic carbocycles. The van der Waals surface area contributed by atoms with E-state index in [-0.39, 0.29) is 0 Å². The van der Waals surface area contributed by atoms with Gasteiger partial charge in [0.1, 0.15) is 11.1 Å². The predicted molar refractivity (Wildman–Crippen MR) is 53.3 cm³/mol. The summed E-state index contributed by atoms with van der Waals surface area (Å²) in [4.78, 5) is 0. The molecule has 0 amide bonds. The van der Waals surface area contributed by atoms with Crippen molar-refractivity contribution in [3.8, 4) is 12.1 Å². The number of nitrogens with one attached hydrogen (secondary N) is 2. The van der Waals surface area contributed by atoms with Gasteiger partial charge in [-0.05, 0) is 39.8 Å². The highest BCUT2D eigenvalue weighted by molar-refractivity contribution is 5.17. The normalized spacial score (nSPS) is 37.1. The van der Waals surface area contributed by atoms with Gasteiger partial charge in [-0.1, -0.05) is 0 Å².